The molecular weight excluding hydrogens is 536 g/mol. The molecule has 198 valence electrons. The first-order valence-corrected chi connectivity index (χ1v) is 13.8. The van der Waals surface area contributed by atoms with Gasteiger partial charge in [-0.05, 0) is 49.4 Å². The van der Waals surface area contributed by atoms with E-state index in [4.69, 9.17) is 10.5 Å². The highest BCUT2D eigenvalue weighted by Crippen LogP contribution is 2.39. The molecule has 3 aliphatic rings. The Hall–Kier alpha value is -2.85. The normalized spacial score (nSPS) is 20.9. The van der Waals surface area contributed by atoms with Crippen molar-refractivity contribution in [1.82, 2.24) is 14.8 Å². The first-order chi connectivity index (χ1) is 17.9. The lowest BCUT2D eigenvalue weighted by Crippen LogP contribution is -2.52. The van der Waals surface area contributed by atoms with Crippen molar-refractivity contribution in [3.63, 3.8) is 0 Å². The number of nitrogens with one attached hydrogen (secondary N) is 2. The number of rotatable bonds is 6. The number of carbonyl (C=O) groups excluding carboxylic acids is 2. The van der Waals surface area contributed by atoms with Gasteiger partial charge in [-0.3, -0.25) is 14.6 Å². The molecule has 1 aromatic heterocycles. The van der Waals surface area contributed by atoms with E-state index in [2.05, 4.69) is 31.5 Å². The Morgan fingerprint density at radius 2 is 1.95 bits per heavy atom. The van der Waals surface area contributed by atoms with Gasteiger partial charge in [0.25, 0.3) is 5.91 Å². The van der Waals surface area contributed by atoms with Gasteiger partial charge in [-0.2, -0.15) is 0 Å². The average Bonchev–Trinajstić information content (AvgIpc) is 2.89. The fourth-order valence-electron chi connectivity index (χ4n) is 5.52. The molecule has 1 spiro atoms. The maximum atomic E-state index is 13.6. The second-order valence-corrected chi connectivity index (χ2v) is 11.5. The maximum Gasteiger partial charge on any atom is 0.256 e. The van der Waals surface area contributed by atoms with E-state index >= 15 is 0 Å². The third-order valence-electron chi connectivity index (χ3n) is 7.85. The van der Waals surface area contributed by atoms with E-state index in [0.717, 1.165) is 74.3 Å². The molecule has 0 aliphatic carbocycles. The smallest absolute Gasteiger partial charge is 0.256 e. The van der Waals surface area contributed by atoms with Gasteiger partial charge in [-0.15, -0.1) is 0 Å². The third-order valence-corrected chi connectivity index (χ3v) is 8.31. The summed E-state index contributed by atoms with van der Waals surface area (Å²) in [5, 5.41) is 6.60. The minimum Gasteiger partial charge on any atom is -0.397 e. The number of benzene rings is 1. The van der Waals surface area contributed by atoms with Gasteiger partial charge in [0.15, 0.2) is 0 Å². The number of piperidine rings is 2. The van der Waals surface area contributed by atoms with E-state index in [1.807, 2.05) is 35.0 Å². The van der Waals surface area contributed by atoms with Crippen LogP contribution in [0.3, 0.4) is 0 Å². The van der Waals surface area contributed by atoms with E-state index in [9.17, 15) is 9.59 Å². The number of aromatic nitrogens is 1. The van der Waals surface area contributed by atoms with Crippen LogP contribution < -0.4 is 16.4 Å². The van der Waals surface area contributed by atoms with Crippen LogP contribution in [0.4, 0.5) is 17.1 Å². The molecule has 0 bridgehead atoms. The average molecular weight is 572 g/mol. The highest BCUT2D eigenvalue weighted by Gasteiger charge is 2.42. The number of pyridine rings is 1. The first kappa shape index (κ1) is 25.8. The van der Waals surface area contributed by atoms with Gasteiger partial charge < -0.3 is 30.9 Å². The van der Waals surface area contributed by atoms with Crippen LogP contribution in [0, 0.1) is 5.41 Å². The first-order valence-electron chi connectivity index (χ1n) is 13.0. The highest BCUT2D eigenvalue weighted by atomic mass is 79.9. The van der Waals surface area contributed by atoms with Crippen molar-refractivity contribution >= 4 is 44.8 Å². The van der Waals surface area contributed by atoms with Crippen LogP contribution in [0.2, 0.25) is 0 Å². The molecule has 1 atom stereocenters. The number of anilines is 3. The van der Waals surface area contributed by atoms with Crippen LogP contribution in [0.15, 0.2) is 35.1 Å². The van der Waals surface area contributed by atoms with Gasteiger partial charge in [0.1, 0.15) is 0 Å². The predicted octanol–water partition coefficient (Wildman–Crippen LogP) is 3.37. The summed E-state index contributed by atoms with van der Waals surface area (Å²) >= 11 is 3.52. The fraction of sp³-hybridized carbons (Fsp3) is 0.519. The number of ether oxygens (including phenoxy) is 1. The number of halogens is 1. The third kappa shape index (κ3) is 5.70. The van der Waals surface area contributed by atoms with E-state index in [1.165, 1.54) is 0 Å². The Morgan fingerprint density at radius 3 is 2.65 bits per heavy atom. The minimum atomic E-state index is -0.00810. The van der Waals surface area contributed by atoms with Gasteiger partial charge in [-0.25, -0.2) is 0 Å². The molecule has 3 saturated heterocycles. The molecule has 5 rings (SSSR count). The summed E-state index contributed by atoms with van der Waals surface area (Å²) in [6.45, 7) is 4.34. The molecule has 0 unspecified atom stereocenters. The van der Waals surface area contributed by atoms with Crippen molar-refractivity contribution in [2.75, 3.05) is 62.8 Å². The van der Waals surface area contributed by atoms with Gasteiger partial charge in [0.05, 0.1) is 42.3 Å². The van der Waals surface area contributed by atoms with E-state index in [-0.39, 0.29) is 23.3 Å². The lowest BCUT2D eigenvalue weighted by molar-refractivity contribution is -0.136. The molecule has 10 heteroatoms. The van der Waals surface area contributed by atoms with Crippen LogP contribution >= 0.6 is 15.9 Å². The summed E-state index contributed by atoms with van der Waals surface area (Å²) in [5.41, 5.74) is 10.2. The van der Waals surface area contributed by atoms with E-state index < -0.39 is 0 Å². The van der Waals surface area contributed by atoms with Crippen LogP contribution in [0.25, 0.3) is 0 Å². The van der Waals surface area contributed by atoms with Crippen molar-refractivity contribution in [2.45, 2.75) is 38.1 Å². The number of nitrogen functional groups attached to an aromatic ring is 1. The maximum absolute atomic E-state index is 13.6. The number of hydrogen-bond donors (Lipinski definition) is 3. The van der Waals surface area contributed by atoms with Crippen LogP contribution in [-0.2, 0) is 16.0 Å². The summed E-state index contributed by atoms with van der Waals surface area (Å²) in [7, 11) is 1.83. The molecular formula is C27H35BrN6O3. The number of hydrogen-bond acceptors (Lipinski definition) is 7. The molecule has 37 heavy (non-hydrogen) atoms. The highest BCUT2D eigenvalue weighted by molar-refractivity contribution is 9.10. The van der Waals surface area contributed by atoms with Crippen molar-refractivity contribution in [3.05, 3.63) is 46.2 Å². The van der Waals surface area contributed by atoms with Gasteiger partial charge in [0, 0.05) is 61.5 Å². The topological polar surface area (TPSA) is 113 Å². The minimum absolute atomic E-state index is 0.00578. The molecule has 3 aliphatic heterocycles. The molecule has 4 N–H and O–H groups in total. The zero-order valence-electron chi connectivity index (χ0n) is 21.3. The molecule has 1 aromatic carbocycles. The number of nitrogens with two attached hydrogens (primary N) is 1. The SMILES string of the molecule is CNc1cncc(CC(=O)N2CCC[C@@H](Nc3c(N)cc(Br)cc3C(=O)N3CCC4(CC3)COC4)C2)c1. The van der Waals surface area contributed by atoms with Crippen LogP contribution in [0.5, 0.6) is 0 Å². The lowest BCUT2D eigenvalue weighted by Gasteiger charge is -2.47. The second kappa shape index (κ2) is 10.9. The van der Waals surface area contributed by atoms with E-state index in [1.54, 1.807) is 12.4 Å². The van der Waals surface area contributed by atoms with Crippen LogP contribution in [0.1, 0.15) is 41.6 Å². The summed E-state index contributed by atoms with van der Waals surface area (Å²) in [6, 6.07) is 5.63. The quantitative estimate of drug-likeness (QED) is 0.456. The van der Waals surface area contributed by atoms with Crippen molar-refractivity contribution in [1.29, 1.82) is 0 Å². The fourth-order valence-corrected chi connectivity index (χ4v) is 6.00. The number of amides is 2. The largest absolute Gasteiger partial charge is 0.397 e. The predicted molar refractivity (Wildman–Crippen MR) is 148 cm³/mol. The summed E-state index contributed by atoms with van der Waals surface area (Å²) in [6.07, 6.45) is 7.50. The molecule has 4 heterocycles. The standard InChI is InChI=1S/C27H35BrN6O3/c1-30-21-9-18(13-31-14-21)10-24(35)34-6-2-3-20(15-34)32-25-22(11-19(28)12-23(25)29)26(36)33-7-4-27(5-8-33)16-37-17-27/h9,11-14,20,30,32H,2-8,10,15-17,29H2,1H3/t20-/m1/s1. The van der Waals surface area contributed by atoms with Crippen molar-refractivity contribution < 1.29 is 14.3 Å². The number of carbonyl (C=O) groups is 2. The monoisotopic (exact) mass is 570 g/mol. The van der Waals surface area contributed by atoms with E-state index in [0.29, 0.717) is 29.9 Å². The Kier molecular flexibility index (Phi) is 7.57. The van der Waals surface area contributed by atoms with Crippen LogP contribution in [-0.4, -0.2) is 79.1 Å². The van der Waals surface area contributed by atoms with Gasteiger partial charge >= 0.3 is 0 Å². The Labute approximate surface area is 226 Å². The molecule has 0 saturated carbocycles. The second-order valence-electron chi connectivity index (χ2n) is 10.5. The summed E-state index contributed by atoms with van der Waals surface area (Å²) < 4.78 is 6.21. The Balaban J connectivity index is 1.27. The van der Waals surface area contributed by atoms with Gasteiger partial charge in [-0.1, -0.05) is 15.9 Å². The van der Waals surface area contributed by atoms with Crippen molar-refractivity contribution in [3.8, 4) is 0 Å². The van der Waals surface area contributed by atoms with Crippen molar-refractivity contribution in [2.24, 2.45) is 5.41 Å². The Bertz CT molecular complexity index is 1160. The zero-order chi connectivity index (χ0) is 26.0. The van der Waals surface area contributed by atoms with Gasteiger partial charge in [0.2, 0.25) is 5.91 Å². The molecule has 2 aromatic rings. The summed E-state index contributed by atoms with van der Waals surface area (Å²) in [4.78, 5) is 34.7. The summed E-state index contributed by atoms with van der Waals surface area (Å²) in [5.74, 6) is 0.0649. The number of nitrogens with zero attached hydrogens (tertiary/aromatic N) is 3. The molecule has 2 amide bonds. The lowest BCUT2D eigenvalue weighted by atomic mass is 9.77. The Morgan fingerprint density at radius 1 is 1.16 bits per heavy atom. The zero-order valence-corrected chi connectivity index (χ0v) is 22.8. The molecule has 0 radical (unpaired) electrons. The molecule has 9 nitrogen and oxygen atoms in total. The number of likely N-dealkylation sites (tertiary alicyclic amines) is 2. The molecule has 3 fully saturated rings.